The van der Waals surface area contributed by atoms with Crippen LogP contribution < -0.4 is 0 Å². The number of carbonyl (C=O) groups excluding carboxylic acids is 2. The maximum atomic E-state index is 11.0. The second kappa shape index (κ2) is 4.66. The Labute approximate surface area is 66.0 Å². The van der Waals surface area contributed by atoms with Crippen LogP contribution in [0.3, 0.4) is 0 Å². The summed E-state index contributed by atoms with van der Waals surface area (Å²) in [6, 6.07) is 0. The highest BCUT2D eigenvalue weighted by molar-refractivity contribution is 6.17. The average molecular weight is 156 g/mol. The summed E-state index contributed by atoms with van der Waals surface area (Å²) in [5.74, 6) is -0.737. The van der Waals surface area contributed by atoms with Gasteiger partial charge >= 0.3 is 5.97 Å². The minimum atomic E-state index is -0.556. The molecule has 0 spiro atoms. The van der Waals surface area contributed by atoms with E-state index in [0.717, 1.165) is 0 Å². The molecule has 0 saturated heterocycles. The first-order chi connectivity index (χ1) is 5.17. The third kappa shape index (κ3) is 2.53. The predicted octanol–water partition coefficient (Wildman–Crippen LogP) is 1.08. The Bertz CT molecular complexity index is 174. The molecule has 0 unspecified atom stereocenters. The number of rotatable bonds is 3. The van der Waals surface area contributed by atoms with Gasteiger partial charge in [0.2, 0.25) is 0 Å². The fraction of sp³-hybridized carbons (Fsp3) is 0.500. The monoisotopic (exact) mass is 156 g/mol. The largest absolute Gasteiger partial charge is 0.465 e. The summed E-state index contributed by atoms with van der Waals surface area (Å²) in [6.45, 7) is 3.34. The number of carbonyl (C=O) groups is 2. The van der Waals surface area contributed by atoms with E-state index < -0.39 is 5.97 Å². The third-order valence-electron chi connectivity index (χ3n) is 1.32. The van der Waals surface area contributed by atoms with Crippen LogP contribution in [0.25, 0.3) is 0 Å². The van der Waals surface area contributed by atoms with Crippen LogP contribution in [0.2, 0.25) is 0 Å². The lowest BCUT2D eigenvalue weighted by Crippen LogP contribution is -2.13. The van der Waals surface area contributed by atoms with E-state index in [0.29, 0.717) is 6.42 Å². The number of hydrogen-bond donors (Lipinski definition) is 0. The standard InChI is InChI=1S/C8H12O3/c1-4-6(7(9)5-2)8(10)11-3/h4H,5H2,1-3H3/b6-4-. The highest BCUT2D eigenvalue weighted by Gasteiger charge is 2.14. The van der Waals surface area contributed by atoms with E-state index in [1.165, 1.54) is 13.2 Å². The van der Waals surface area contributed by atoms with Crippen LogP contribution in [0, 0.1) is 0 Å². The van der Waals surface area contributed by atoms with Crippen LogP contribution in [0.1, 0.15) is 20.3 Å². The molecule has 0 aromatic carbocycles. The van der Waals surface area contributed by atoms with E-state index >= 15 is 0 Å². The molecule has 0 N–H and O–H groups in total. The molecule has 0 aliphatic carbocycles. The lowest BCUT2D eigenvalue weighted by Gasteiger charge is -2.00. The van der Waals surface area contributed by atoms with Crippen molar-refractivity contribution in [1.82, 2.24) is 0 Å². The van der Waals surface area contributed by atoms with Crippen molar-refractivity contribution in [3.8, 4) is 0 Å². The molecule has 11 heavy (non-hydrogen) atoms. The Kier molecular flexibility index (Phi) is 4.18. The summed E-state index contributed by atoms with van der Waals surface area (Å²) in [5, 5.41) is 0. The van der Waals surface area contributed by atoms with Gasteiger partial charge in [0, 0.05) is 6.42 Å². The first kappa shape index (κ1) is 9.88. The number of hydrogen-bond acceptors (Lipinski definition) is 3. The summed E-state index contributed by atoms with van der Waals surface area (Å²) < 4.78 is 4.40. The minimum absolute atomic E-state index is 0.134. The summed E-state index contributed by atoms with van der Waals surface area (Å²) >= 11 is 0. The fourth-order valence-electron chi connectivity index (χ4n) is 0.693. The molecule has 0 aliphatic rings. The maximum Gasteiger partial charge on any atom is 0.341 e. The molecule has 0 fully saturated rings. The molecule has 0 atom stereocenters. The molecule has 0 radical (unpaired) electrons. The van der Waals surface area contributed by atoms with Crippen LogP contribution in [-0.2, 0) is 14.3 Å². The number of ether oxygens (including phenoxy) is 1. The fourth-order valence-corrected chi connectivity index (χ4v) is 0.693. The first-order valence-corrected chi connectivity index (χ1v) is 3.45. The van der Waals surface area contributed by atoms with Gasteiger partial charge in [0.05, 0.1) is 12.7 Å². The van der Waals surface area contributed by atoms with Crippen LogP contribution in [-0.4, -0.2) is 18.9 Å². The third-order valence-corrected chi connectivity index (χ3v) is 1.32. The van der Waals surface area contributed by atoms with Crippen molar-refractivity contribution >= 4 is 11.8 Å². The molecule has 62 valence electrons. The number of ketones is 1. The number of esters is 1. The smallest absolute Gasteiger partial charge is 0.341 e. The van der Waals surface area contributed by atoms with E-state index in [1.54, 1.807) is 13.8 Å². The number of Topliss-reactive ketones (excluding diaryl/α,β-unsaturated/α-hetero) is 1. The summed E-state index contributed by atoms with van der Waals surface area (Å²) in [4.78, 5) is 21.8. The Balaban J connectivity index is 4.43. The number of allylic oxidation sites excluding steroid dienone is 1. The quantitative estimate of drug-likeness (QED) is 0.266. The van der Waals surface area contributed by atoms with Gasteiger partial charge in [-0.05, 0) is 6.92 Å². The molecule has 3 nitrogen and oxygen atoms in total. The molecule has 0 amide bonds. The molecule has 3 heteroatoms. The van der Waals surface area contributed by atoms with Gasteiger partial charge < -0.3 is 4.74 Å². The lowest BCUT2D eigenvalue weighted by atomic mass is 10.1. The van der Waals surface area contributed by atoms with Gasteiger partial charge in [0.25, 0.3) is 0 Å². The zero-order chi connectivity index (χ0) is 8.85. The highest BCUT2D eigenvalue weighted by atomic mass is 16.5. The van der Waals surface area contributed by atoms with E-state index in [9.17, 15) is 9.59 Å². The molecule has 0 aromatic rings. The summed E-state index contributed by atoms with van der Waals surface area (Å²) in [6.07, 6.45) is 1.80. The maximum absolute atomic E-state index is 11.0. The van der Waals surface area contributed by atoms with Gasteiger partial charge in [-0.2, -0.15) is 0 Å². The minimum Gasteiger partial charge on any atom is -0.465 e. The van der Waals surface area contributed by atoms with Gasteiger partial charge in [-0.15, -0.1) is 0 Å². The molecular formula is C8H12O3. The zero-order valence-corrected chi connectivity index (χ0v) is 7.01. The Morgan fingerprint density at radius 1 is 1.45 bits per heavy atom. The SMILES string of the molecule is C/C=C(/C(=O)CC)C(=O)OC. The van der Waals surface area contributed by atoms with E-state index in [2.05, 4.69) is 4.74 Å². The topological polar surface area (TPSA) is 43.4 Å². The van der Waals surface area contributed by atoms with Gasteiger partial charge in [-0.25, -0.2) is 4.79 Å². The van der Waals surface area contributed by atoms with Crippen LogP contribution in [0.4, 0.5) is 0 Å². The normalized spacial score (nSPS) is 11.0. The molecule has 0 saturated carbocycles. The van der Waals surface area contributed by atoms with E-state index in [4.69, 9.17) is 0 Å². The van der Waals surface area contributed by atoms with Crippen molar-refractivity contribution in [1.29, 1.82) is 0 Å². The molecule has 0 heterocycles. The Morgan fingerprint density at radius 2 is 2.00 bits per heavy atom. The van der Waals surface area contributed by atoms with Gasteiger partial charge in [0.1, 0.15) is 0 Å². The van der Waals surface area contributed by atoms with E-state index in [1.807, 2.05) is 0 Å². The summed E-state index contributed by atoms with van der Waals surface area (Å²) in [5.41, 5.74) is 0.134. The average Bonchev–Trinajstić information content (AvgIpc) is 2.05. The molecule has 0 aliphatic heterocycles. The zero-order valence-electron chi connectivity index (χ0n) is 7.01. The van der Waals surface area contributed by atoms with Crippen molar-refractivity contribution in [2.24, 2.45) is 0 Å². The molecule has 0 bridgehead atoms. The Hall–Kier alpha value is -1.12. The van der Waals surface area contributed by atoms with Crippen molar-refractivity contribution in [2.75, 3.05) is 7.11 Å². The lowest BCUT2D eigenvalue weighted by molar-refractivity contribution is -0.137. The van der Waals surface area contributed by atoms with Gasteiger partial charge in [-0.3, -0.25) is 4.79 Å². The first-order valence-electron chi connectivity index (χ1n) is 3.45. The summed E-state index contributed by atoms with van der Waals surface area (Å²) in [7, 11) is 1.26. The van der Waals surface area contributed by atoms with Crippen LogP contribution in [0.5, 0.6) is 0 Å². The number of methoxy groups -OCH3 is 1. The van der Waals surface area contributed by atoms with Crippen molar-refractivity contribution in [3.63, 3.8) is 0 Å². The highest BCUT2D eigenvalue weighted by Crippen LogP contribution is 2.01. The predicted molar refractivity (Wildman–Crippen MR) is 41.1 cm³/mol. The second-order valence-corrected chi connectivity index (χ2v) is 1.97. The van der Waals surface area contributed by atoms with Gasteiger partial charge in [-0.1, -0.05) is 13.0 Å². The van der Waals surface area contributed by atoms with Crippen molar-refractivity contribution in [3.05, 3.63) is 11.6 Å². The van der Waals surface area contributed by atoms with Gasteiger partial charge in [0.15, 0.2) is 5.78 Å². The molecular weight excluding hydrogens is 144 g/mol. The van der Waals surface area contributed by atoms with Crippen LogP contribution in [0.15, 0.2) is 11.6 Å². The second-order valence-electron chi connectivity index (χ2n) is 1.97. The molecule has 0 rings (SSSR count). The van der Waals surface area contributed by atoms with E-state index in [-0.39, 0.29) is 11.4 Å². The van der Waals surface area contributed by atoms with Crippen molar-refractivity contribution in [2.45, 2.75) is 20.3 Å². The molecule has 0 aromatic heterocycles. The Morgan fingerprint density at radius 3 is 2.27 bits per heavy atom. The van der Waals surface area contributed by atoms with Crippen molar-refractivity contribution < 1.29 is 14.3 Å². The van der Waals surface area contributed by atoms with Crippen LogP contribution >= 0.6 is 0 Å².